The van der Waals surface area contributed by atoms with Crippen LogP contribution in [-0.4, -0.2) is 5.78 Å². The van der Waals surface area contributed by atoms with E-state index in [-0.39, 0.29) is 17.2 Å². The molecule has 72 valence electrons. The summed E-state index contributed by atoms with van der Waals surface area (Å²) in [6.07, 6.45) is 2.03. The molecule has 0 atom stereocenters. The quantitative estimate of drug-likeness (QED) is 0.721. The van der Waals surface area contributed by atoms with Crippen molar-refractivity contribution in [2.75, 3.05) is 5.73 Å². The van der Waals surface area contributed by atoms with Crippen molar-refractivity contribution in [1.29, 1.82) is 5.26 Å². The minimum atomic E-state index is -0.231. The van der Waals surface area contributed by atoms with Crippen molar-refractivity contribution in [2.45, 2.75) is 25.7 Å². The first kappa shape index (κ1) is 8.82. The minimum absolute atomic E-state index is 0.128. The molecule has 0 saturated heterocycles. The van der Waals surface area contributed by atoms with Crippen molar-refractivity contribution in [3.05, 3.63) is 17.1 Å². The summed E-state index contributed by atoms with van der Waals surface area (Å²) in [5, 5.41) is 8.87. The van der Waals surface area contributed by atoms with E-state index in [0.717, 1.165) is 12.8 Å². The molecule has 2 N–H and O–H groups in total. The standard InChI is InChI=1S/C10H10N2O2/c1-5(13)9-8(12)7(4-11)10(14-9)6-2-3-6/h6H,2-3,12H2,1H3. The molecule has 1 saturated carbocycles. The summed E-state index contributed by atoms with van der Waals surface area (Å²) in [6.45, 7) is 1.38. The van der Waals surface area contributed by atoms with E-state index in [2.05, 4.69) is 0 Å². The number of hydrogen-bond donors (Lipinski definition) is 1. The van der Waals surface area contributed by atoms with Crippen molar-refractivity contribution in [2.24, 2.45) is 0 Å². The van der Waals surface area contributed by atoms with Gasteiger partial charge in [0, 0.05) is 12.8 Å². The van der Waals surface area contributed by atoms with Crippen LogP contribution in [0.1, 0.15) is 47.6 Å². The molecule has 1 aliphatic carbocycles. The van der Waals surface area contributed by atoms with Gasteiger partial charge in [-0.3, -0.25) is 4.79 Å². The number of nitrogens with zero attached hydrogens (tertiary/aromatic N) is 1. The summed E-state index contributed by atoms with van der Waals surface area (Å²) < 4.78 is 5.32. The monoisotopic (exact) mass is 190 g/mol. The van der Waals surface area contributed by atoms with Gasteiger partial charge >= 0.3 is 0 Å². The van der Waals surface area contributed by atoms with Gasteiger partial charge in [0.15, 0.2) is 11.5 Å². The maximum Gasteiger partial charge on any atom is 0.197 e. The molecular weight excluding hydrogens is 180 g/mol. The lowest BCUT2D eigenvalue weighted by Gasteiger charge is -1.89. The number of anilines is 1. The number of carbonyl (C=O) groups is 1. The van der Waals surface area contributed by atoms with E-state index in [1.54, 1.807) is 0 Å². The fraction of sp³-hybridized carbons (Fsp3) is 0.400. The summed E-state index contributed by atoms with van der Waals surface area (Å²) in [5.41, 5.74) is 6.19. The SMILES string of the molecule is CC(=O)c1oc(C2CC2)c(C#N)c1N. The van der Waals surface area contributed by atoms with Crippen LogP contribution in [0.5, 0.6) is 0 Å². The molecule has 0 aliphatic heterocycles. The third-order valence-corrected chi connectivity index (χ3v) is 2.35. The summed E-state index contributed by atoms with van der Waals surface area (Å²) in [6, 6.07) is 1.99. The van der Waals surface area contributed by atoms with E-state index in [0.29, 0.717) is 17.2 Å². The zero-order valence-electron chi connectivity index (χ0n) is 7.83. The van der Waals surface area contributed by atoms with Crippen LogP contribution in [0, 0.1) is 11.3 Å². The first-order chi connectivity index (χ1) is 6.65. The Labute approximate surface area is 81.3 Å². The largest absolute Gasteiger partial charge is 0.454 e. The van der Waals surface area contributed by atoms with Gasteiger partial charge in [0.25, 0.3) is 0 Å². The predicted molar refractivity (Wildman–Crippen MR) is 49.8 cm³/mol. The van der Waals surface area contributed by atoms with Crippen molar-refractivity contribution in [3.8, 4) is 6.07 Å². The molecule has 0 bridgehead atoms. The summed E-state index contributed by atoms with van der Waals surface area (Å²) in [7, 11) is 0. The van der Waals surface area contributed by atoms with Crippen LogP contribution < -0.4 is 5.73 Å². The van der Waals surface area contributed by atoms with Gasteiger partial charge in [0.2, 0.25) is 0 Å². The molecule has 1 aromatic rings. The highest BCUT2D eigenvalue weighted by atomic mass is 16.4. The molecule has 0 spiro atoms. The third-order valence-electron chi connectivity index (χ3n) is 2.35. The molecule has 1 aliphatic rings. The molecule has 1 fully saturated rings. The van der Waals surface area contributed by atoms with Crippen LogP contribution in [0.3, 0.4) is 0 Å². The summed E-state index contributed by atoms with van der Waals surface area (Å²) >= 11 is 0. The summed E-state index contributed by atoms with van der Waals surface area (Å²) in [4.78, 5) is 11.1. The maximum atomic E-state index is 11.1. The van der Waals surface area contributed by atoms with Crippen LogP contribution in [0.15, 0.2) is 4.42 Å². The highest BCUT2D eigenvalue weighted by molar-refractivity contribution is 5.97. The second-order valence-corrected chi connectivity index (χ2v) is 3.53. The molecule has 4 nitrogen and oxygen atoms in total. The van der Waals surface area contributed by atoms with Crippen LogP contribution in [0.4, 0.5) is 5.69 Å². The van der Waals surface area contributed by atoms with Gasteiger partial charge in [-0.15, -0.1) is 0 Å². The van der Waals surface area contributed by atoms with Crippen LogP contribution >= 0.6 is 0 Å². The maximum absolute atomic E-state index is 11.1. The Bertz CT molecular complexity index is 436. The van der Waals surface area contributed by atoms with Gasteiger partial charge in [0.1, 0.15) is 23.1 Å². The number of Topliss-reactive ketones (excluding diaryl/α,β-unsaturated/α-hetero) is 1. The first-order valence-electron chi connectivity index (χ1n) is 4.48. The van der Waals surface area contributed by atoms with Gasteiger partial charge < -0.3 is 10.2 Å². The fourth-order valence-electron chi connectivity index (χ4n) is 1.47. The number of carbonyl (C=O) groups excluding carboxylic acids is 1. The Morgan fingerprint density at radius 3 is 2.71 bits per heavy atom. The zero-order chi connectivity index (χ0) is 10.3. The van der Waals surface area contributed by atoms with Gasteiger partial charge in [0.05, 0.1) is 0 Å². The van der Waals surface area contributed by atoms with Crippen molar-refractivity contribution >= 4 is 11.5 Å². The van der Waals surface area contributed by atoms with Crippen molar-refractivity contribution in [1.82, 2.24) is 0 Å². The molecule has 1 aromatic heterocycles. The second-order valence-electron chi connectivity index (χ2n) is 3.53. The average molecular weight is 190 g/mol. The molecule has 0 unspecified atom stereocenters. The number of ketones is 1. The Hall–Kier alpha value is -1.76. The normalized spacial score (nSPS) is 15.1. The third kappa shape index (κ3) is 1.18. The topological polar surface area (TPSA) is 80.0 Å². The fourth-order valence-corrected chi connectivity index (χ4v) is 1.47. The molecule has 4 heteroatoms. The number of hydrogen-bond acceptors (Lipinski definition) is 4. The number of nitriles is 1. The molecule has 14 heavy (non-hydrogen) atoms. The van der Waals surface area contributed by atoms with Crippen LogP contribution in [0.25, 0.3) is 0 Å². The Morgan fingerprint density at radius 1 is 1.64 bits per heavy atom. The van der Waals surface area contributed by atoms with Crippen LogP contribution in [-0.2, 0) is 0 Å². The van der Waals surface area contributed by atoms with E-state index >= 15 is 0 Å². The second kappa shape index (κ2) is 2.88. The first-order valence-corrected chi connectivity index (χ1v) is 4.48. The van der Waals surface area contributed by atoms with E-state index in [1.807, 2.05) is 6.07 Å². The van der Waals surface area contributed by atoms with Crippen molar-refractivity contribution in [3.63, 3.8) is 0 Å². The minimum Gasteiger partial charge on any atom is -0.454 e. The number of nitrogens with two attached hydrogens (primary N) is 1. The van der Waals surface area contributed by atoms with E-state index < -0.39 is 0 Å². The molecular formula is C10H10N2O2. The van der Waals surface area contributed by atoms with Gasteiger partial charge in [-0.1, -0.05) is 0 Å². The Morgan fingerprint density at radius 2 is 2.29 bits per heavy atom. The number of rotatable bonds is 2. The highest BCUT2D eigenvalue weighted by Gasteiger charge is 2.33. The summed E-state index contributed by atoms with van der Waals surface area (Å²) in [5.74, 6) is 0.782. The highest BCUT2D eigenvalue weighted by Crippen LogP contribution is 2.44. The van der Waals surface area contributed by atoms with Crippen molar-refractivity contribution < 1.29 is 9.21 Å². The average Bonchev–Trinajstić information content (AvgIpc) is 2.90. The Balaban J connectivity index is 2.56. The number of nitrogen functional groups attached to an aromatic ring is 1. The predicted octanol–water partition coefficient (Wildman–Crippen LogP) is 1.81. The van der Waals surface area contributed by atoms with Gasteiger partial charge in [-0.2, -0.15) is 5.26 Å². The Kier molecular flexibility index (Phi) is 1.81. The van der Waals surface area contributed by atoms with Crippen LogP contribution in [0.2, 0.25) is 0 Å². The lowest BCUT2D eigenvalue weighted by Crippen LogP contribution is -1.96. The molecule has 0 radical (unpaired) electrons. The van der Waals surface area contributed by atoms with Gasteiger partial charge in [-0.05, 0) is 12.8 Å². The van der Waals surface area contributed by atoms with E-state index in [4.69, 9.17) is 15.4 Å². The lowest BCUT2D eigenvalue weighted by molar-refractivity contribution is 0.0986. The molecule has 0 amide bonds. The smallest absolute Gasteiger partial charge is 0.197 e. The zero-order valence-corrected chi connectivity index (χ0v) is 7.83. The molecule has 1 heterocycles. The molecule has 0 aromatic carbocycles. The number of furan rings is 1. The molecule has 2 rings (SSSR count). The van der Waals surface area contributed by atoms with E-state index in [9.17, 15) is 4.79 Å². The van der Waals surface area contributed by atoms with Gasteiger partial charge in [-0.25, -0.2) is 0 Å². The van der Waals surface area contributed by atoms with E-state index in [1.165, 1.54) is 6.92 Å². The lowest BCUT2D eigenvalue weighted by atomic mass is 10.1.